The van der Waals surface area contributed by atoms with Gasteiger partial charge in [-0.05, 0) is 19.8 Å². The summed E-state index contributed by atoms with van der Waals surface area (Å²) in [5.41, 5.74) is 0. The Morgan fingerprint density at radius 3 is 2.20 bits per heavy atom. The number of carbonyl (C=O) groups excluding carboxylic acids is 2. The van der Waals surface area contributed by atoms with Crippen molar-refractivity contribution < 1.29 is 22.8 Å². The maximum absolute atomic E-state index is 11.7. The second-order valence-electron chi connectivity index (χ2n) is 3.27. The molecule has 0 bridgehead atoms. The van der Waals surface area contributed by atoms with E-state index in [1.807, 2.05) is 0 Å². The fourth-order valence-electron chi connectivity index (χ4n) is 0.978. The molecule has 0 fully saturated rings. The van der Waals surface area contributed by atoms with Crippen molar-refractivity contribution in [3.8, 4) is 0 Å². The predicted octanol–water partition coefficient (Wildman–Crippen LogP) is 1.81. The van der Waals surface area contributed by atoms with Crippen molar-refractivity contribution in [1.29, 1.82) is 0 Å². The Bertz CT molecular complexity index is 226. The Balaban J connectivity index is 3.40. The summed E-state index contributed by atoms with van der Waals surface area (Å²) in [6.07, 6.45) is -2.63. The van der Waals surface area contributed by atoms with Crippen LogP contribution in [0.1, 0.15) is 32.6 Å². The van der Waals surface area contributed by atoms with E-state index in [0.717, 1.165) is 0 Å². The van der Waals surface area contributed by atoms with Crippen molar-refractivity contribution in [3.05, 3.63) is 0 Å². The van der Waals surface area contributed by atoms with Gasteiger partial charge in [-0.1, -0.05) is 6.42 Å². The summed E-state index contributed by atoms with van der Waals surface area (Å²) in [6, 6.07) is 0. The van der Waals surface area contributed by atoms with Crippen LogP contribution in [-0.4, -0.2) is 24.4 Å². The highest BCUT2D eigenvalue weighted by Gasteiger charge is 2.38. The third-order valence-electron chi connectivity index (χ3n) is 1.75. The maximum Gasteiger partial charge on any atom is 0.471 e. The lowest BCUT2D eigenvalue weighted by molar-refractivity contribution is -0.173. The number of ketones is 1. The lowest BCUT2D eigenvalue weighted by atomic mass is 10.1. The summed E-state index contributed by atoms with van der Waals surface area (Å²) in [5.74, 6) is -1.84. The number of alkyl halides is 3. The summed E-state index contributed by atoms with van der Waals surface area (Å²) in [7, 11) is 0. The normalized spacial score (nSPS) is 11.2. The van der Waals surface area contributed by atoms with Crippen LogP contribution in [0.15, 0.2) is 0 Å². The van der Waals surface area contributed by atoms with Crippen LogP contribution < -0.4 is 5.32 Å². The molecule has 0 spiro atoms. The average molecular weight is 225 g/mol. The van der Waals surface area contributed by atoms with Gasteiger partial charge in [0.2, 0.25) is 0 Å². The highest BCUT2D eigenvalue weighted by molar-refractivity contribution is 5.81. The van der Waals surface area contributed by atoms with Gasteiger partial charge in [0.05, 0.1) is 0 Å². The minimum atomic E-state index is -4.81. The number of amides is 1. The minimum absolute atomic E-state index is 0.00372. The summed E-state index contributed by atoms with van der Waals surface area (Å²) >= 11 is 0. The van der Waals surface area contributed by atoms with Crippen LogP contribution in [0.4, 0.5) is 13.2 Å². The number of hydrogen-bond acceptors (Lipinski definition) is 2. The smallest absolute Gasteiger partial charge is 0.348 e. The first-order valence-corrected chi connectivity index (χ1v) is 4.68. The molecule has 0 saturated heterocycles. The number of unbranched alkanes of at least 4 members (excludes halogenated alkanes) is 2. The summed E-state index contributed by atoms with van der Waals surface area (Å²) in [4.78, 5) is 20.8. The maximum atomic E-state index is 11.7. The zero-order valence-electron chi connectivity index (χ0n) is 8.49. The van der Waals surface area contributed by atoms with Gasteiger partial charge in [-0.2, -0.15) is 13.2 Å². The molecule has 15 heavy (non-hydrogen) atoms. The van der Waals surface area contributed by atoms with Gasteiger partial charge >= 0.3 is 12.1 Å². The van der Waals surface area contributed by atoms with Crippen LogP contribution in [0.2, 0.25) is 0 Å². The van der Waals surface area contributed by atoms with Crippen molar-refractivity contribution in [2.75, 3.05) is 6.54 Å². The summed E-state index contributed by atoms with van der Waals surface area (Å²) < 4.78 is 35.0. The lowest BCUT2D eigenvalue weighted by Crippen LogP contribution is -2.37. The molecule has 3 nitrogen and oxygen atoms in total. The molecule has 0 aromatic heterocycles. The molecule has 0 aromatic rings. The van der Waals surface area contributed by atoms with Crippen molar-refractivity contribution in [2.24, 2.45) is 0 Å². The Labute approximate surface area is 86.0 Å². The zero-order chi connectivity index (χ0) is 11.9. The number of rotatable bonds is 6. The predicted molar refractivity (Wildman–Crippen MR) is 48.2 cm³/mol. The van der Waals surface area contributed by atoms with Gasteiger partial charge < -0.3 is 10.1 Å². The van der Waals surface area contributed by atoms with Crippen LogP contribution in [0.5, 0.6) is 0 Å². The van der Waals surface area contributed by atoms with E-state index in [2.05, 4.69) is 0 Å². The fourth-order valence-corrected chi connectivity index (χ4v) is 0.978. The van der Waals surface area contributed by atoms with Gasteiger partial charge in [0, 0.05) is 13.0 Å². The van der Waals surface area contributed by atoms with Crippen molar-refractivity contribution in [3.63, 3.8) is 0 Å². The molecule has 1 N–H and O–H groups in total. The minimum Gasteiger partial charge on any atom is -0.348 e. The molecule has 0 saturated carbocycles. The molecule has 0 atom stereocenters. The van der Waals surface area contributed by atoms with Gasteiger partial charge in [0.15, 0.2) is 0 Å². The number of hydrogen-bond donors (Lipinski definition) is 1. The van der Waals surface area contributed by atoms with E-state index in [1.165, 1.54) is 6.92 Å². The Kier molecular flexibility index (Phi) is 5.96. The first-order chi connectivity index (χ1) is 6.84. The summed E-state index contributed by atoms with van der Waals surface area (Å²) in [6.45, 7) is 1.46. The molecule has 0 aromatic carbocycles. The summed E-state index contributed by atoms with van der Waals surface area (Å²) in [5, 5.41) is 1.76. The molecular formula is C9H14F3NO2. The molecule has 1 amide bonds. The van der Waals surface area contributed by atoms with Gasteiger partial charge in [0.25, 0.3) is 0 Å². The van der Waals surface area contributed by atoms with E-state index in [0.29, 0.717) is 25.7 Å². The SMILES string of the molecule is CC(=O)CCCCCNC(=O)C(F)(F)F. The Morgan fingerprint density at radius 1 is 1.13 bits per heavy atom. The quantitative estimate of drug-likeness (QED) is 0.701. The van der Waals surface area contributed by atoms with E-state index < -0.39 is 12.1 Å². The number of Topliss-reactive ketones (excluding diaryl/α,β-unsaturated/α-hetero) is 1. The van der Waals surface area contributed by atoms with Crippen molar-refractivity contribution >= 4 is 11.7 Å². The van der Waals surface area contributed by atoms with Gasteiger partial charge in [-0.15, -0.1) is 0 Å². The third kappa shape index (κ3) is 7.96. The standard InChI is InChI=1S/C9H14F3NO2/c1-7(14)5-3-2-4-6-13-8(15)9(10,11)12/h2-6H2,1H3,(H,13,15). The van der Waals surface area contributed by atoms with Crippen LogP contribution >= 0.6 is 0 Å². The van der Waals surface area contributed by atoms with Crippen LogP contribution in [0, 0.1) is 0 Å². The third-order valence-corrected chi connectivity index (χ3v) is 1.75. The van der Waals surface area contributed by atoms with Gasteiger partial charge in [0.1, 0.15) is 5.78 Å². The van der Waals surface area contributed by atoms with Crippen LogP contribution in [-0.2, 0) is 9.59 Å². The molecule has 0 heterocycles. The Hall–Kier alpha value is -1.07. The van der Waals surface area contributed by atoms with E-state index in [4.69, 9.17) is 0 Å². The van der Waals surface area contributed by atoms with E-state index in [-0.39, 0.29) is 12.3 Å². The number of carbonyl (C=O) groups is 2. The van der Waals surface area contributed by atoms with Crippen molar-refractivity contribution in [2.45, 2.75) is 38.8 Å². The second-order valence-corrected chi connectivity index (χ2v) is 3.27. The Morgan fingerprint density at radius 2 is 1.73 bits per heavy atom. The highest BCUT2D eigenvalue weighted by atomic mass is 19.4. The largest absolute Gasteiger partial charge is 0.471 e. The van der Waals surface area contributed by atoms with E-state index in [1.54, 1.807) is 5.32 Å². The topological polar surface area (TPSA) is 46.2 Å². The molecule has 0 rings (SSSR count). The zero-order valence-corrected chi connectivity index (χ0v) is 8.49. The van der Waals surface area contributed by atoms with E-state index >= 15 is 0 Å². The van der Waals surface area contributed by atoms with Crippen LogP contribution in [0.3, 0.4) is 0 Å². The molecule has 0 aliphatic carbocycles. The molecule has 0 aliphatic rings. The second kappa shape index (κ2) is 6.42. The molecular weight excluding hydrogens is 211 g/mol. The fraction of sp³-hybridized carbons (Fsp3) is 0.778. The highest BCUT2D eigenvalue weighted by Crippen LogP contribution is 2.13. The monoisotopic (exact) mass is 225 g/mol. The first-order valence-electron chi connectivity index (χ1n) is 4.68. The van der Waals surface area contributed by atoms with E-state index in [9.17, 15) is 22.8 Å². The lowest BCUT2D eigenvalue weighted by Gasteiger charge is -2.07. The molecule has 88 valence electrons. The van der Waals surface area contributed by atoms with Gasteiger partial charge in [-0.3, -0.25) is 4.79 Å². The first kappa shape index (κ1) is 13.9. The molecule has 0 unspecified atom stereocenters. The number of halogens is 3. The molecule has 6 heteroatoms. The van der Waals surface area contributed by atoms with Gasteiger partial charge in [-0.25, -0.2) is 0 Å². The average Bonchev–Trinajstić information content (AvgIpc) is 2.08. The molecule has 0 aliphatic heterocycles. The van der Waals surface area contributed by atoms with Crippen LogP contribution in [0.25, 0.3) is 0 Å². The molecule has 0 radical (unpaired) electrons. The number of nitrogens with one attached hydrogen (secondary N) is 1. The van der Waals surface area contributed by atoms with Crippen molar-refractivity contribution in [1.82, 2.24) is 5.32 Å².